The standard InChI is InChI=1S/C38H66NO8P/c1-6-8-10-12-14-15-16-17-18-19-20-21-22-23-25-26-28-30-37(40)44-34-36(35-46-48(42,43)45-33-32-39(3,4)5)47-38(41)31-29-27-24-13-11-9-7-2/h8,10,14-15,17-18,20-21,23,25,36H,6-7,9,11-13,16,19,22,24,26-35H2,1-5H3/p+1/b10-8+,15-14+,18-17+,21-20+,25-23+/t36-/m0/s1. The maximum atomic E-state index is 12.5. The molecule has 0 amide bonds. The van der Waals surface area contributed by atoms with Gasteiger partial charge in [0.15, 0.2) is 6.10 Å². The summed E-state index contributed by atoms with van der Waals surface area (Å²) in [5.74, 6) is -0.882. The van der Waals surface area contributed by atoms with Crippen molar-refractivity contribution < 1.29 is 42.1 Å². The lowest BCUT2D eigenvalue weighted by Crippen LogP contribution is -2.37. The molecule has 0 saturated heterocycles. The number of nitrogens with zero attached hydrogens (tertiary/aromatic N) is 1. The van der Waals surface area contributed by atoms with Gasteiger partial charge in [0.2, 0.25) is 0 Å². The van der Waals surface area contributed by atoms with Gasteiger partial charge in [-0.25, -0.2) is 4.57 Å². The molecule has 2 atom stereocenters. The number of carbonyl (C=O) groups is 2. The van der Waals surface area contributed by atoms with E-state index in [1.54, 1.807) is 0 Å². The maximum absolute atomic E-state index is 12.5. The van der Waals surface area contributed by atoms with Crippen molar-refractivity contribution in [1.82, 2.24) is 0 Å². The second-order valence-corrected chi connectivity index (χ2v) is 14.3. The lowest BCUT2D eigenvalue weighted by atomic mass is 10.1. The molecule has 1 N–H and O–H groups in total. The second kappa shape index (κ2) is 30.7. The van der Waals surface area contributed by atoms with Crippen molar-refractivity contribution >= 4 is 19.8 Å². The molecule has 0 bridgehead atoms. The molecule has 0 rings (SSSR count). The molecule has 1 unspecified atom stereocenters. The average Bonchev–Trinajstić information content (AvgIpc) is 3.02. The fourth-order valence-corrected chi connectivity index (χ4v) is 4.96. The third-order valence-electron chi connectivity index (χ3n) is 7.06. The van der Waals surface area contributed by atoms with Gasteiger partial charge in [-0.15, -0.1) is 0 Å². The smallest absolute Gasteiger partial charge is 0.462 e. The third kappa shape index (κ3) is 33.6. The van der Waals surface area contributed by atoms with E-state index in [9.17, 15) is 19.0 Å². The molecule has 48 heavy (non-hydrogen) atoms. The summed E-state index contributed by atoms with van der Waals surface area (Å²) < 4.78 is 33.9. The average molecular weight is 697 g/mol. The number of esters is 2. The van der Waals surface area contributed by atoms with Crippen molar-refractivity contribution in [3.8, 4) is 0 Å². The van der Waals surface area contributed by atoms with Gasteiger partial charge in [0.25, 0.3) is 0 Å². The molecule has 0 spiro atoms. The Morgan fingerprint density at radius 3 is 1.75 bits per heavy atom. The van der Waals surface area contributed by atoms with Gasteiger partial charge in [0.1, 0.15) is 19.8 Å². The fourth-order valence-electron chi connectivity index (χ4n) is 4.22. The molecular formula is C38H67NO8P+. The van der Waals surface area contributed by atoms with Crippen molar-refractivity contribution in [2.24, 2.45) is 0 Å². The van der Waals surface area contributed by atoms with Gasteiger partial charge in [0, 0.05) is 12.8 Å². The van der Waals surface area contributed by atoms with Crippen molar-refractivity contribution in [1.29, 1.82) is 0 Å². The maximum Gasteiger partial charge on any atom is 0.472 e. The van der Waals surface area contributed by atoms with Gasteiger partial charge in [-0.05, 0) is 51.4 Å². The van der Waals surface area contributed by atoms with Gasteiger partial charge in [-0.3, -0.25) is 18.6 Å². The van der Waals surface area contributed by atoms with Crippen LogP contribution in [0.1, 0.15) is 117 Å². The Labute approximate surface area is 292 Å². The quantitative estimate of drug-likeness (QED) is 0.0251. The van der Waals surface area contributed by atoms with Crippen LogP contribution in [0, 0.1) is 0 Å². The zero-order valence-electron chi connectivity index (χ0n) is 30.7. The number of hydrogen-bond donors (Lipinski definition) is 1. The summed E-state index contributed by atoms with van der Waals surface area (Å²) in [5.41, 5.74) is 0. The molecule has 10 heteroatoms. The van der Waals surface area contributed by atoms with Crippen molar-refractivity contribution in [2.75, 3.05) is 47.5 Å². The first kappa shape index (κ1) is 45.7. The van der Waals surface area contributed by atoms with Gasteiger partial charge in [-0.1, -0.05) is 113 Å². The molecule has 276 valence electrons. The zero-order valence-corrected chi connectivity index (χ0v) is 31.6. The van der Waals surface area contributed by atoms with E-state index in [0.29, 0.717) is 23.9 Å². The lowest BCUT2D eigenvalue weighted by Gasteiger charge is -2.24. The van der Waals surface area contributed by atoms with Crippen LogP contribution < -0.4 is 0 Å². The summed E-state index contributed by atoms with van der Waals surface area (Å²) in [6.45, 7) is 4.15. The lowest BCUT2D eigenvalue weighted by molar-refractivity contribution is -0.870. The molecule has 0 aliphatic heterocycles. The number of unbranched alkanes of at least 4 members (excludes halogenated alkanes) is 7. The van der Waals surface area contributed by atoms with Crippen LogP contribution in [-0.2, 0) is 32.7 Å². The number of carbonyl (C=O) groups excluding carboxylic acids is 2. The zero-order chi connectivity index (χ0) is 35.8. The fraction of sp³-hybridized carbons (Fsp3) is 0.684. The minimum absolute atomic E-state index is 0.0207. The van der Waals surface area contributed by atoms with Gasteiger partial charge < -0.3 is 18.9 Å². The van der Waals surface area contributed by atoms with Crippen LogP contribution in [0.15, 0.2) is 60.8 Å². The minimum atomic E-state index is -4.37. The van der Waals surface area contributed by atoms with Crippen LogP contribution in [0.5, 0.6) is 0 Å². The molecule has 0 radical (unpaired) electrons. The molecule has 0 aliphatic rings. The van der Waals surface area contributed by atoms with E-state index >= 15 is 0 Å². The normalized spacial score (nSPS) is 14.5. The molecule has 0 heterocycles. The predicted octanol–water partition coefficient (Wildman–Crippen LogP) is 9.34. The highest BCUT2D eigenvalue weighted by molar-refractivity contribution is 7.47. The van der Waals surface area contributed by atoms with Crippen molar-refractivity contribution in [3.05, 3.63) is 60.8 Å². The Morgan fingerprint density at radius 1 is 0.667 bits per heavy atom. The SMILES string of the molecule is CC/C=C/C/C=C/C/C=C/C/C=C/C/C=C/CCCC(=O)OC[C@@H](COP(=O)(O)OCC[N+](C)(C)C)OC(=O)CCCCCCCCC. The van der Waals surface area contributed by atoms with Crippen LogP contribution in [0.3, 0.4) is 0 Å². The van der Waals surface area contributed by atoms with E-state index in [1.165, 1.54) is 19.3 Å². The van der Waals surface area contributed by atoms with E-state index in [-0.39, 0.29) is 26.1 Å². The summed E-state index contributed by atoms with van der Waals surface area (Å²) >= 11 is 0. The Hall–Kier alpha value is -2.29. The van der Waals surface area contributed by atoms with E-state index in [1.807, 2.05) is 27.2 Å². The molecule has 0 aromatic rings. The number of phosphoric ester groups is 1. The summed E-state index contributed by atoms with van der Waals surface area (Å²) in [6.07, 6.45) is 34.4. The first-order valence-corrected chi connectivity index (χ1v) is 19.5. The van der Waals surface area contributed by atoms with Gasteiger partial charge in [0.05, 0.1) is 27.7 Å². The Bertz CT molecular complexity index is 1010. The topological polar surface area (TPSA) is 108 Å². The molecule has 0 aromatic heterocycles. The molecule has 0 aromatic carbocycles. The van der Waals surface area contributed by atoms with E-state index in [2.05, 4.69) is 68.5 Å². The summed E-state index contributed by atoms with van der Waals surface area (Å²) in [4.78, 5) is 34.9. The van der Waals surface area contributed by atoms with Crippen LogP contribution >= 0.6 is 7.82 Å². The predicted molar refractivity (Wildman–Crippen MR) is 196 cm³/mol. The first-order valence-electron chi connectivity index (χ1n) is 18.0. The first-order chi connectivity index (χ1) is 23.0. The molecular weight excluding hydrogens is 629 g/mol. The van der Waals surface area contributed by atoms with Crippen LogP contribution in [0.2, 0.25) is 0 Å². The van der Waals surface area contributed by atoms with Gasteiger partial charge >= 0.3 is 19.8 Å². The van der Waals surface area contributed by atoms with Crippen LogP contribution in [0.25, 0.3) is 0 Å². The number of allylic oxidation sites excluding steroid dienone is 10. The number of rotatable bonds is 31. The van der Waals surface area contributed by atoms with Crippen LogP contribution in [0.4, 0.5) is 0 Å². The monoisotopic (exact) mass is 696 g/mol. The Morgan fingerprint density at radius 2 is 1.19 bits per heavy atom. The van der Waals surface area contributed by atoms with Crippen LogP contribution in [-0.4, -0.2) is 74.9 Å². The van der Waals surface area contributed by atoms with E-state index in [0.717, 1.165) is 57.8 Å². The largest absolute Gasteiger partial charge is 0.472 e. The van der Waals surface area contributed by atoms with E-state index in [4.69, 9.17) is 18.5 Å². The minimum Gasteiger partial charge on any atom is -0.462 e. The number of hydrogen-bond acceptors (Lipinski definition) is 7. The molecule has 0 saturated carbocycles. The van der Waals surface area contributed by atoms with Crippen molar-refractivity contribution in [2.45, 2.75) is 123 Å². The third-order valence-corrected chi connectivity index (χ3v) is 8.05. The second-order valence-electron chi connectivity index (χ2n) is 12.9. The Balaban J connectivity index is 4.50. The number of phosphoric acid groups is 1. The van der Waals surface area contributed by atoms with E-state index < -0.39 is 32.5 Å². The summed E-state index contributed by atoms with van der Waals surface area (Å²) in [5, 5.41) is 0. The molecule has 0 aliphatic carbocycles. The molecule has 0 fully saturated rings. The summed E-state index contributed by atoms with van der Waals surface area (Å²) in [7, 11) is 1.43. The number of ether oxygens (including phenoxy) is 2. The van der Waals surface area contributed by atoms with Gasteiger partial charge in [-0.2, -0.15) is 0 Å². The van der Waals surface area contributed by atoms with Crippen molar-refractivity contribution in [3.63, 3.8) is 0 Å². The summed E-state index contributed by atoms with van der Waals surface area (Å²) in [6, 6.07) is 0. The molecule has 9 nitrogen and oxygen atoms in total. The number of quaternary nitrogens is 1. The highest BCUT2D eigenvalue weighted by Crippen LogP contribution is 2.43. The highest BCUT2D eigenvalue weighted by Gasteiger charge is 2.27. The Kier molecular flexibility index (Phi) is 29.3. The highest BCUT2D eigenvalue weighted by atomic mass is 31.2. The number of likely N-dealkylation sites (N-methyl/N-ethyl adjacent to an activating group) is 1.